The van der Waals surface area contributed by atoms with E-state index in [-0.39, 0.29) is 16.3 Å². The Morgan fingerprint density at radius 2 is 2.10 bits per heavy atom. The van der Waals surface area contributed by atoms with Gasteiger partial charge in [-0.3, -0.25) is 9.78 Å². The Balaban J connectivity index is 2.34. The Morgan fingerprint density at radius 3 is 2.75 bits per heavy atom. The summed E-state index contributed by atoms with van der Waals surface area (Å²) < 4.78 is 23.2. The highest BCUT2D eigenvalue weighted by atomic mass is 35.5. The van der Waals surface area contributed by atoms with Crippen LogP contribution in [0, 0.1) is 0 Å². The van der Waals surface area contributed by atoms with E-state index in [9.17, 15) is 13.2 Å². The Hall–Kier alpha value is -1.99. The molecule has 0 fully saturated rings. The number of pyridine rings is 2. The number of carbonyl (C=O) groups excluding carboxylic acids is 1. The molecule has 6 nitrogen and oxygen atoms in total. The van der Waals surface area contributed by atoms with Crippen LogP contribution in [0.5, 0.6) is 0 Å². The van der Waals surface area contributed by atoms with Gasteiger partial charge in [0, 0.05) is 24.8 Å². The summed E-state index contributed by atoms with van der Waals surface area (Å²) in [6, 6.07) is 4.42. The molecule has 8 heteroatoms. The SMILES string of the molecule is CS(=O)(=O)c1ncccc1NC(=O)c1cncc(Cl)c1. The second-order valence-electron chi connectivity index (χ2n) is 3.97. The van der Waals surface area contributed by atoms with Crippen LogP contribution >= 0.6 is 11.6 Å². The van der Waals surface area contributed by atoms with E-state index in [1.807, 2.05) is 0 Å². The zero-order valence-electron chi connectivity index (χ0n) is 10.4. The van der Waals surface area contributed by atoms with Gasteiger partial charge in [0.2, 0.25) is 0 Å². The summed E-state index contributed by atoms with van der Waals surface area (Å²) in [5.74, 6) is -0.516. The summed E-state index contributed by atoms with van der Waals surface area (Å²) in [6.45, 7) is 0. The lowest BCUT2D eigenvalue weighted by Crippen LogP contribution is -2.15. The van der Waals surface area contributed by atoms with Crippen LogP contribution in [0.25, 0.3) is 0 Å². The molecule has 0 unspecified atom stereocenters. The highest BCUT2D eigenvalue weighted by Crippen LogP contribution is 2.19. The molecule has 2 rings (SSSR count). The van der Waals surface area contributed by atoms with Gasteiger partial charge < -0.3 is 5.32 Å². The number of nitrogens with one attached hydrogen (secondary N) is 1. The minimum Gasteiger partial charge on any atom is -0.319 e. The molecule has 0 aromatic carbocycles. The normalized spacial score (nSPS) is 11.1. The van der Waals surface area contributed by atoms with Crippen LogP contribution in [0.3, 0.4) is 0 Å². The molecule has 2 aromatic rings. The lowest BCUT2D eigenvalue weighted by atomic mass is 10.2. The van der Waals surface area contributed by atoms with Crippen molar-refractivity contribution >= 4 is 33.0 Å². The molecule has 20 heavy (non-hydrogen) atoms. The number of hydrogen-bond acceptors (Lipinski definition) is 5. The largest absolute Gasteiger partial charge is 0.319 e. The van der Waals surface area contributed by atoms with E-state index in [1.54, 1.807) is 0 Å². The van der Waals surface area contributed by atoms with E-state index >= 15 is 0 Å². The van der Waals surface area contributed by atoms with Gasteiger partial charge in [0.05, 0.1) is 16.3 Å². The van der Waals surface area contributed by atoms with Gasteiger partial charge in [0.15, 0.2) is 14.9 Å². The van der Waals surface area contributed by atoms with Crippen LogP contribution in [-0.2, 0) is 9.84 Å². The summed E-state index contributed by atoms with van der Waals surface area (Å²) in [7, 11) is -3.54. The number of rotatable bonds is 3. The number of sulfone groups is 1. The second-order valence-corrected chi connectivity index (χ2v) is 6.34. The van der Waals surface area contributed by atoms with Gasteiger partial charge in [-0.25, -0.2) is 13.4 Å². The van der Waals surface area contributed by atoms with Crippen LogP contribution < -0.4 is 5.32 Å². The maximum Gasteiger partial charge on any atom is 0.257 e. The minimum atomic E-state index is -3.54. The molecule has 0 atom stereocenters. The number of carbonyl (C=O) groups is 1. The monoisotopic (exact) mass is 311 g/mol. The van der Waals surface area contributed by atoms with E-state index in [2.05, 4.69) is 15.3 Å². The van der Waals surface area contributed by atoms with Gasteiger partial charge in [-0.1, -0.05) is 11.6 Å². The third-order valence-corrected chi connectivity index (χ3v) is 3.57. The van der Waals surface area contributed by atoms with Crippen molar-refractivity contribution in [1.29, 1.82) is 0 Å². The summed E-state index contributed by atoms with van der Waals surface area (Å²) >= 11 is 5.75. The van der Waals surface area contributed by atoms with Crippen LogP contribution in [0.1, 0.15) is 10.4 Å². The molecule has 0 aliphatic carbocycles. The summed E-state index contributed by atoms with van der Waals surface area (Å²) in [5.41, 5.74) is 0.334. The van der Waals surface area contributed by atoms with Gasteiger partial charge in [-0.15, -0.1) is 0 Å². The fourth-order valence-corrected chi connectivity index (χ4v) is 2.46. The van der Waals surface area contributed by atoms with Crippen molar-refractivity contribution < 1.29 is 13.2 Å². The van der Waals surface area contributed by atoms with Crippen molar-refractivity contribution in [3.63, 3.8) is 0 Å². The zero-order chi connectivity index (χ0) is 14.8. The molecule has 0 aliphatic rings. The maximum atomic E-state index is 12.0. The Labute approximate surface area is 120 Å². The van der Waals surface area contributed by atoms with E-state index in [4.69, 9.17) is 11.6 Å². The first-order valence-electron chi connectivity index (χ1n) is 5.45. The third-order valence-electron chi connectivity index (χ3n) is 2.34. The van der Waals surface area contributed by atoms with E-state index in [0.717, 1.165) is 6.26 Å². The summed E-state index contributed by atoms with van der Waals surface area (Å²) in [6.07, 6.45) is 5.08. The van der Waals surface area contributed by atoms with Crippen LogP contribution in [0.15, 0.2) is 41.8 Å². The van der Waals surface area contributed by atoms with Crippen molar-refractivity contribution in [2.45, 2.75) is 5.03 Å². The quantitative estimate of drug-likeness (QED) is 0.933. The molecular weight excluding hydrogens is 302 g/mol. The molecular formula is C12H10ClN3O3S. The molecule has 1 amide bonds. The van der Waals surface area contributed by atoms with E-state index in [0.29, 0.717) is 5.02 Å². The Kier molecular flexibility index (Phi) is 4.01. The van der Waals surface area contributed by atoms with Gasteiger partial charge in [0.1, 0.15) is 0 Å². The second kappa shape index (κ2) is 5.56. The number of halogens is 1. The smallest absolute Gasteiger partial charge is 0.257 e. The molecule has 0 spiro atoms. The number of aromatic nitrogens is 2. The molecule has 104 valence electrons. The molecule has 0 bridgehead atoms. The van der Waals surface area contributed by atoms with Crippen molar-refractivity contribution in [1.82, 2.24) is 9.97 Å². The Morgan fingerprint density at radius 1 is 1.35 bits per heavy atom. The lowest BCUT2D eigenvalue weighted by molar-refractivity contribution is 0.102. The number of hydrogen-bond donors (Lipinski definition) is 1. The standard InChI is InChI=1S/C12H10ClN3O3S/c1-20(18,19)12-10(3-2-4-15-12)16-11(17)8-5-9(13)7-14-6-8/h2-7H,1H3,(H,16,17). The molecule has 0 radical (unpaired) electrons. The molecule has 0 aliphatic heterocycles. The Bertz CT molecular complexity index is 762. The van der Waals surface area contributed by atoms with E-state index in [1.165, 1.54) is 36.8 Å². The number of anilines is 1. The fraction of sp³-hybridized carbons (Fsp3) is 0.0833. The average Bonchev–Trinajstić information content (AvgIpc) is 2.38. The molecule has 0 saturated carbocycles. The van der Waals surface area contributed by atoms with E-state index < -0.39 is 15.7 Å². The highest BCUT2D eigenvalue weighted by molar-refractivity contribution is 7.90. The fourth-order valence-electron chi connectivity index (χ4n) is 1.51. The summed E-state index contributed by atoms with van der Waals surface area (Å²) in [4.78, 5) is 19.6. The third kappa shape index (κ3) is 3.31. The first-order valence-corrected chi connectivity index (χ1v) is 7.72. The first kappa shape index (κ1) is 14.4. The first-order chi connectivity index (χ1) is 9.38. The highest BCUT2D eigenvalue weighted by Gasteiger charge is 2.17. The summed E-state index contributed by atoms with van der Waals surface area (Å²) in [5, 5.41) is 2.60. The predicted molar refractivity (Wildman–Crippen MR) is 74.5 cm³/mol. The molecule has 0 saturated heterocycles. The van der Waals surface area contributed by atoms with Crippen LogP contribution in [0.2, 0.25) is 5.02 Å². The van der Waals surface area contributed by atoms with Gasteiger partial charge in [0.25, 0.3) is 5.91 Å². The van der Waals surface area contributed by atoms with Crippen molar-refractivity contribution in [2.24, 2.45) is 0 Å². The van der Waals surface area contributed by atoms with Crippen LogP contribution in [-0.4, -0.2) is 30.5 Å². The van der Waals surface area contributed by atoms with Crippen molar-refractivity contribution in [2.75, 3.05) is 11.6 Å². The van der Waals surface area contributed by atoms with Gasteiger partial charge in [-0.2, -0.15) is 0 Å². The maximum absolute atomic E-state index is 12.0. The molecule has 2 heterocycles. The topological polar surface area (TPSA) is 89.0 Å². The van der Waals surface area contributed by atoms with Gasteiger partial charge >= 0.3 is 0 Å². The molecule has 2 aromatic heterocycles. The minimum absolute atomic E-state index is 0.111. The van der Waals surface area contributed by atoms with Gasteiger partial charge in [-0.05, 0) is 18.2 Å². The van der Waals surface area contributed by atoms with Crippen molar-refractivity contribution in [3.8, 4) is 0 Å². The predicted octanol–water partition coefficient (Wildman–Crippen LogP) is 1.79. The molecule has 1 N–H and O–H groups in total. The average molecular weight is 312 g/mol. The lowest BCUT2D eigenvalue weighted by Gasteiger charge is -2.08. The number of nitrogens with zero attached hydrogens (tertiary/aromatic N) is 2. The van der Waals surface area contributed by atoms with Crippen molar-refractivity contribution in [3.05, 3.63) is 47.4 Å². The number of amides is 1. The zero-order valence-corrected chi connectivity index (χ0v) is 11.9. The van der Waals surface area contributed by atoms with Crippen LogP contribution in [0.4, 0.5) is 5.69 Å².